The predicted octanol–water partition coefficient (Wildman–Crippen LogP) is 2.23. The number of amides is 2. The third-order valence-corrected chi connectivity index (χ3v) is 4.95. The average molecular weight is 397 g/mol. The van der Waals surface area contributed by atoms with Crippen LogP contribution in [-0.2, 0) is 9.59 Å². The van der Waals surface area contributed by atoms with Gasteiger partial charge in [-0.25, -0.2) is 0 Å². The molecule has 0 fully saturated rings. The zero-order valence-corrected chi connectivity index (χ0v) is 17.1. The summed E-state index contributed by atoms with van der Waals surface area (Å²) in [4.78, 5) is 28.7. The highest BCUT2D eigenvalue weighted by Gasteiger charge is 2.25. The van der Waals surface area contributed by atoms with Gasteiger partial charge >= 0.3 is 0 Å². The molecule has 2 aromatic rings. The fourth-order valence-electron chi connectivity index (χ4n) is 3.33. The van der Waals surface area contributed by atoms with Crippen LogP contribution in [0, 0.1) is 0 Å². The summed E-state index contributed by atoms with van der Waals surface area (Å²) in [6.45, 7) is 0.703. The molecule has 0 aromatic heterocycles. The second-order valence-electron chi connectivity index (χ2n) is 7.10. The van der Waals surface area contributed by atoms with E-state index in [0.29, 0.717) is 24.6 Å². The highest BCUT2D eigenvalue weighted by molar-refractivity contribution is 6.00. The van der Waals surface area contributed by atoms with Gasteiger partial charge in [-0.05, 0) is 43.9 Å². The summed E-state index contributed by atoms with van der Waals surface area (Å²) in [5.74, 6) is 1.08. The number of methoxy groups -OCH3 is 1. The fourth-order valence-corrected chi connectivity index (χ4v) is 3.33. The predicted molar refractivity (Wildman–Crippen MR) is 111 cm³/mol. The molecule has 3 rings (SSSR count). The Morgan fingerprint density at radius 2 is 1.93 bits per heavy atom. The highest BCUT2D eigenvalue weighted by atomic mass is 16.5. The lowest BCUT2D eigenvalue weighted by atomic mass is 10.1. The van der Waals surface area contributed by atoms with E-state index >= 15 is 0 Å². The van der Waals surface area contributed by atoms with E-state index < -0.39 is 0 Å². The minimum absolute atomic E-state index is 0.000288. The van der Waals surface area contributed by atoms with Gasteiger partial charge in [0.2, 0.25) is 11.8 Å². The monoisotopic (exact) mass is 397 g/mol. The number of para-hydroxylation sites is 2. The van der Waals surface area contributed by atoms with Gasteiger partial charge in [-0.3, -0.25) is 14.5 Å². The molecule has 1 heterocycles. The molecular weight excluding hydrogens is 370 g/mol. The Hall–Kier alpha value is -3.06. The van der Waals surface area contributed by atoms with Crippen LogP contribution in [0.15, 0.2) is 48.5 Å². The van der Waals surface area contributed by atoms with Crippen molar-refractivity contribution in [1.82, 2.24) is 10.2 Å². The van der Waals surface area contributed by atoms with Gasteiger partial charge in [0.25, 0.3) is 0 Å². The van der Waals surface area contributed by atoms with Crippen LogP contribution in [-0.4, -0.2) is 57.6 Å². The molecule has 1 atom stereocenters. The van der Waals surface area contributed by atoms with Gasteiger partial charge < -0.3 is 19.7 Å². The van der Waals surface area contributed by atoms with E-state index in [4.69, 9.17) is 9.47 Å². The number of nitrogens with one attached hydrogen (secondary N) is 1. The van der Waals surface area contributed by atoms with Crippen LogP contribution >= 0.6 is 0 Å². The fraction of sp³-hybridized carbons (Fsp3) is 0.364. The first-order chi connectivity index (χ1) is 14.0. The number of fused-ring (bicyclic) bond motifs is 1. The van der Waals surface area contributed by atoms with E-state index in [0.717, 1.165) is 11.3 Å². The van der Waals surface area contributed by atoms with Gasteiger partial charge in [-0.1, -0.05) is 24.3 Å². The summed E-state index contributed by atoms with van der Waals surface area (Å²) in [5.41, 5.74) is 1.70. The van der Waals surface area contributed by atoms with Gasteiger partial charge in [0.1, 0.15) is 18.0 Å². The molecule has 0 bridgehead atoms. The van der Waals surface area contributed by atoms with Gasteiger partial charge in [0, 0.05) is 6.54 Å². The third-order valence-electron chi connectivity index (χ3n) is 4.95. The van der Waals surface area contributed by atoms with Crippen molar-refractivity contribution >= 4 is 17.5 Å². The molecule has 0 aliphatic carbocycles. The zero-order valence-electron chi connectivity index (χ0n) is 17.1. The number of nitrogens with zero attached hydrogens (tertiary/aromatic N) is 2. The number of hydrogen-bond acceptors (Lipinski definition) is 5. The molecule has 1 unspecified atom stereocenters. The number of likely N-dealkylation sites (N-methyl/N-ethyl adjacent to an activating group) is 1. The van der Waals surface area contributed by atoms with Gasteiger partial charge in [-0.2, -0.15) is 0 Å². The standard InChI is InChI=1S/C22H27N3O4/c1-24(2)19(16-8-10-17(28-3)11-9-16)14-23-21(26)15-25-18-6-4-5-7-20(18)29-13-12-22(25)27/h4-11,19H,12-15H2,1-3H3,(H,23,26). The Bertz CT molecular complexity index is 851. The number of benzene rings is 2. The quantitative estimate of drug-likeness (QED) is 0.776. The summed E-state index contributed by atoms with van der Waals surface area (Å²) >= 11 is 0. The first-order valence-electron chi connectivity index (χ1n) is 9.59. The van der Waals surface area contributed by atoms with E-state index in [1.165, 1.54) is 4.90 Å². The molecule has 154 valence electrons. The van der Waals surface area contributed by atoms with Crippen LogP contribution in [0.3, 0.4) is 0 Å². The summed E-state index contributed by atoms with van der Waals surface area (Å²) in [7, 11) is 5.56. The molecule has 1 N–H and O–H groups in total. The van der Waals surface area contributed by atoms with E-state index in [9.17, 15) is 9.59 Å². The lowest BCUT2D eigenvalue weighted by Crippen LogP contribution is -2.43. The number of carbonyl (C=O) groups is 2. The first kappa shape index (κ1) is 20.7. The lowest BCUT2D eigenvalue weighted by Gasteiger charge is -2.26. The first-order valence-corrected chi connectivity index (χ1v) is 9.59. The Morgan fingerprint density at radius 1 is 1.21 bits per heavy atom. The molecule has 2 amide bonds. The Labute approximate surface area is 171 Å². The molecule has 0 saturated carbocycles. The maximum absolute atomic E-state index is 12.7. The third kappa shape index (κ3) is 5.06. The van der Waals surface area contributed by atoms with Crippen LogP contribution in [0.4, 0.5) is 5.69 Å². The smallest absolute Gasteiger partial charge is 0.240 e. The Kier molecular flexibility index (Phi) is 6.72. The lowest BCUT2D eigenvalue weighted by molar-refractivity contribution is -0.124. The largest absolute Gasteiger partial charge is 0.497 e. The van der Waals surface area contributed by atoms with Gasteiger partial charge in [-0.15, -0.1) is 0 Å². The van der Waals surface area contributed by atoms with Crippen LogP contribution < -0.4 is 19.7 Å². The molecule has 0 saturated heterocycles. The number of carbonyl (C=O) groups excluding carboxylic acids is 2. The SMILES string of the molecule is COc1ccc(C(CNC(=O)CN2C(=O)CCOc3ccccc32)N(C)C)cc1. The summed E-state index contributed by atoms with van der Waals surface area (Å²) in [5, 5.41) is 2.96. The molecule has 1 aliphatic heterocycles. The summed E-state index contributed by atoms with van der Waals surface area (Å²) < 4.78 is 10.8. The normalized spacial score (nSPS) is 14.6. The highest BCUT2D eigenvalue weighted by Crippen LogP contribution is 2.30. The van der Waals surface area contributed by atoms with E-state index in [1.54, 1.807) is 13.2 Å². The van der Waals surface area contributed by atoms with Crippen molar-refractivity contribution in [3.8, 4) is 11.5 Å². The van der Waals surface area contributed by atoms with Crippen molar-refractivity contribution in [3.05, 3.63) is 54.1 Å². The second-order valence-corrected chi connectivity index (χ2v) is 7.10. The average Bonchev–Trinajstić information content (AvgIpc) is 2.87. The summed E-state index contributed by atoms with van der Waals surface area (Å²) in [6.07, 6.45) is 0.244. The Morgan fingerprint density at radius 3 is 2.62 bits per heavy atom. The van der Waals surface area contributed by atoms with Crippen molar-refractivity contribution < 1.29 is 19.1 Å². The van der Waals surface area contributed by atoms with Gasteiger partial charge in [0.15, 0.2) is 0 Å². The van der Waals surface area contributed by atoms with Crippen LogP contribution in [0.1, 0.15) is 18.0 Å². The van der Waals surface area contributed by atoms with Crippen LogP contribution in [0.5, 0.6) is 11.5 Å². The molecule has 7 nitrogen and oxygen atoms in total. The van der Waals surface area contributed by atoms with E-state index in [2.05, 4.69) is 5.32 Å². The zero-order chi connectivity index (χ0) is 20.8. The molecular formula is C22H27N3O4. The minimum Gasteiger partial charge on any atom is -0.497 e. The molecule has 0 radical (unpaired) electrons. The van der Waals surface area contributed by atoms with Crippen molar-refractivity contribution in [2.75, 3.05) is 45.8 Å². The van der Waals surface area contributed by atoms with Crippen molar-refractivity contribution in [2.45, 2.75) is 12.5 Å². The molecule has 1 aliphatic rings. The molecule has 29 heavy (non-hydrogen) atoms. The second kappa shape index (κ2) is 9.43. The van der Waals surface area contributed by atoms with Crippen molar-refractivity contribution in [2.24, 2.45) is 0 Å². The van der Waals surface area contributed by atoms with Crippen molar-refractivity contribution in [3.63, 3.8) is 0 Å². The maximum Gasteiger partial charge on any atom is 0.240 e. The van der Waals surface area contributed by atoms with Crippen LogP contribution in [0.25, 0.3) is 0 Å². The van der Waals surface area contributed by atoms with E-state index in [-0.39, 0.29) is 30.8 Å². The molecule has 7 heteroatoms. The molecule has 0 spiro atoms. The maximum atomic E-state index is 12.7. The Balaban J connectivity index is 1.66. The summed E-state index contributed by atoms with van der Waals surface area (Å²) in [6, 6.07) is 15.1. The topological polar surface area (TPSA) is 71.1 Å². The number of hydrogen-bond donors (Lipinski definition) is 1. The van der Waals surface area contributed by atoms with E-state index in [1.807, 2.05) is 61.5 Å². The minimum atomic E-state index is -0.213. The van der Waals surface area contributed by atoms with Gasteiger partial charge in [0.05, 0.1) is 31.9 Å². The number of ether oxygens (including phenoxy) is 2. The number of rotatable bonds is 7. The molecule has 2 aromatic carbocycles. The van der Waals surface area contributed by atoms with Crippen molar-refractivity contribution in [1.29, 1.82) is 0 Å². The number of anilines is 1. The van der Waals surface area contributed by atoms with Crippen LogP contribution in [0.2, 0.25) is 0 Å².